The Kier molecular flexibility index (Phi) is 5.36. The van der Waals surface area contributed by atoms with Crippen molar-refractivity contribution in [2.75, 3.05) is 13.1 Å². The molecule has 9 heteroatoms. The number of nitrogens with zero attached hydrogens (tertiary/aromatic N) is 6. The summed E-state index contributed by atoms with van der Waals surface area (Å²) in [6.07, 6.45) is 9.51. The van der Waals surface area contributed by atoms with E-state index in [9.17, 15) is 4.79 Å². The molecule has 1 atom stereocenters. The lowest BCUT2D eigenvalue weighted by Crippen LogP contribution is -2.41. The Morgan fingerprint density at radius 1 is 1.20 bits per heavy atom. The lowest BCUT2D eigenvalue weighted by Gasteiger charge is -2.28. The maximum Gasteiger partial charge on any atom is 0.410 e. The molecule has 4 heterocycles. The largest absolute Gasteiger partial charge is 0.471 e. The van der Waals surface area contributed by atoms with Crippen LogP contribution in [0.4, 0.5) is 4.79 Å². The third kappa shape index (κ3) is 4.55. The summed E-state index contributed by atoms with van der Waals surface area (Å²) < 4.78 is 15.4. The van der Waals surface area contributed by atoms with Gasteiger partial charge in [-0.25, -0.2) is 14.3 Å². The molecule has 0 radical (unpaired) electrons. The molecule has 1 fully saturated rings. The van der Waals surface area contributed by atoms with Gasteiger partial charge in [0.25, 0.3) is 0 Å². The fourth-order valence-electron chi connectivity index (χ4n) is 3.53. The Bertz CT molecular complexity index is 1030. The van der Waals surface area contributed by atoms with E-state index in [0.717, 1.165) is 36.0 Å². The van der Waals surface area contributed by atoms with Crippen molar-refractivity contribution in [2.24, 2.45) is 7.05 Å². The number of fused-ring (bicyclic) bond motifs is 1. The zero-order valence-corrected chi connectivity index (χ0v) is 17.9. The summed E-state index contributed by atoms with van der Waals surface area (Å²) in [6.45, 7) is 6.76. The third-order valence-electron chi connectivity index (χ3n) is 4.91. The normalized spacial score (nSPS) is 17.7. The Labute approximate surface area is 175 Å². The van der Waals surface area contributed by atoms with Gasteiger partial charge in [-0.3, -0.25) is 4.68 Å². The van der Waals surface area contributed by atoms with Gasteiger partial charge in [0.15, 0.2) is 0 Å². The molecular weight excluding hydrogens is 384 g/mol. The van der Waals surface area contributed by atoms with E-state index in [1.807, 2.05) is 46.3 Å². The molecular formula is C21H28N6O3. The number of aromatic nitrogens is 5. The van der Waals surface area contributed by atoms with Crippen molar-refractivity contribution in [2.45, 2.75) is 51.7 Å². The van der Waals surface area contributed by atoms with Crippen molar-refractivity contribution >= 4 is 11.6 Å². The molecule has 0 bridgehead atoms. The van der Waals surface area contributed by atoms with E-state index in [1.54, 1.807) is 26.5 Å². The first-order valence-corrected chi connectivity index (χ1v) is 10.3. The monoisotopic (exact) mass is 412 g/mol. The van der Waals surface area contributed by atoms with Gasteiger partial charge in [0.2, 0.25) is 5.88 Å². The van der Waals surface area contributed by atoms with Crippen molar-refractivity contribution in [3.05, 3.63) is 30.9 Å². The minimum Gasteiger partial charge on any atom is -0.471 e. The van der Waals surface area contributed by atoms with E-state index in [4.69, 9.17) is 14.5 Å². The van der Waals surface area contributed by atoms with Gasteiger partial charge in [-0.15, -0.1) is 0 Å². The van der Waals surface area contributed by atoms with Crippen LogP contribution in [0.5, 0.6) is 5.88 Å². The molecule has 4 rings (SSSR count). The highest BCUT2D eigenvalue weighted by Crippen LogP contribution is 2.26. The van der Waals surface area contributed by atoms with E-state index in [-0.39, 0.29) is 12.2 Å². The first-order valence-electron chi connectivity index (χ1n) is 10.3. The van der Waals surface area contributed by atoms with Crippen LogP contribution in [-0.4, -0.2) is 60.2 Å². The number of likely N-dealkylation sites (tertiary alicyclic amines) is 1. The van der Waals surface area contributed by atoms with E-state index >= 15 is 0 Å². The number of rotatable bonds is 3. The summed E-state index contributed by atoms with van der Waals surface area (Å²) in [5.41, 5.74) is 1.88. The number of ether oxygens (including phenoxy) is 2. The second kappa shape index (κ2) is 7.97. The van der Waals surface area contributed by atoms with Crippen molar-refractivity contribution in [1.29, 1.82) is 0 Å². The first kappa shape index (κ1) is 20.2. The maximum atomic E-state index is 12.6. The summed E-state index contributed by atoms with van der Waals surface area (Å²) in [6, 6.07) is 1.87. The molecule has 1 aliphatic heterocycles. The lowest BCUT2D eigenvalue weighted by atomic mass is 10.2. The van der Waals surface area contributed by atoms with Crippen LogP contribution in [0.25, 0.3) is 16.8 Å². The summed E-state index contributed by atoms with van der Waals surface area (Å²) in [5.74, 6) is 0.505. The molecule has 0 saturated carbocycles. The number of aryl methyl sites for hydroxylation is 1. The maximum absolute atomic E-state index is 12.6. The lowest BCUT2D eigenvalue weighted by molar-refractivity contribution is 0.0190. The molecule has 1 saturated heterocycles. The van der Waals surface area contributed by atoms with Crippen LogP contribution < -0.4 is 4.74 Å². The van der Waals surface area contributed by atoms with E-state index in [1.165, 1.54) is 0 Å². The van der Waals surface area contributed by atoms with Gasteiger partial charge in [0.1, 0.15) is 17.2 Å². The Hall–Kier alpha value is -3.10. The van der Waals surface area contributed by atoms with E-state index in [2.05, 4.69) is 10.2 Å². The molecule has 0 unspecified atom stereocenters. The highest BCUT2D eigenvalue weighted by atomic mass is 16.6. The van der Waals surface area contributed by atoms with Crippen LogP contribution in [0, 0.1) is 0 Å². The van der Waals surface area contributed by atoms with Gasteiger partial charge in [-0.2, -0.15) is 10.2 Å². The number of hydrogen-bond donors (Lipinski definition) is 0. The molecule has 3 aromatic rings. The Balaban J connectivity index is 1.58. The quantitative estimate of drug-likeness (QED) is 0.656. The van der Waals surface area contributed by atoms with E-state index < -0.39 is 5.60 Å². The smallest absolute Gasteiger partial charge is 0.410 e. The molecule has 160 valence electrons. The van der Waals surface area contributed by atoms with Gasteiger partial charge in [-0.1, -0.05) is 0 Å². The van der Waals surface area contributed by atoms with Crippen LogP contribution in [0.2, 0.25) is 0 Å². The number of carbonyl (C=O) groups is 1. The van der Waals surface area contributed by atoms with E-state index in [0.29, 0.717) is 19.0 Å². The molecule has 0 aliphatic carbocycles. The van der Waals surface area contributed by atoms with Crippen LogP contribution in [0.1, 0.15) is 40.0 Å². The Morgan fingerprint density at radius 2 is 2.03 bits per heavy atom. The average Bonchev–Trinajstić information content (AvgIpc) is 3.24. The van der Waals surface area contributed by atoms with Crippen molar-refractivity contribution < 1.29 is 14.3 Å². The van der Waals surface area contributed by atoms with Crippen LogP contribution in [0.15, 0.2) is 30.9 Å². The zero-order chi connectivity index (χ0) is 21.3. The van der Waals surface area contributed by atoms with Gasteiger partial charge in [0, 0.05) is 25.4 Å². The van der Waals surface area contributed by atoms with Crippen molar-refractivity contribution in [3.63, 3.8) is 0 Å². The van der Waals surface area contributed by atoms with Gasteiger partial charge >= 0.3 is 6.09 Å². The topological polar surface area (TPSA) is 86.8 Å². The molecule has 1 aliphatic rings. The SMILES string of the molecule is Cn1cc(-c2cn3nccc3c(O[C@H]3CCCCN(C(=O)OC(C)(C)C)C3)n2)cn1. The molecule has 9 nitrogen and oxygen atoms in total. The third-order valence-corrected chi connectivity index (χ3v) is 4.91. The van der Waals surface area contributed by atoms with Crippen molar-refractivity contribution in [3.8, 4) is 17.1 Å². The summed E-state index contributed by atoms with van der Waals surface area (Å²) >= 11 is 0. The highest BCUT2D eigenvalue weighted by Gasteiger charge is 2.28. The van der Waals surface area contributed by atoms with Gasteiger partial charge in [0.05, 0.1) is 30.8 Å². The van der Waals surface area contributed by atoms with Crippen molar-refractivity contribution in [1.82, 2.24) is 29.3 Å². The summed E-state index contributed by atoms with van der Waals surface area (Å²) in [7, 11) is 1.87. The predicted molar refractivity (Wildman–Crippen MR) is 111 cm³/mol. The molecule has 0 N–H and O–H groups in total. The minimum atomic E-state index is -0.525. The number of carbonyl (C=O) groups excluding carboxylic acids is 1. The van der Waals surface area contributed by atoms with Crippen LogP contribution in [0.3, 0.4) is 0 Å². The average molecular weight is 412 g/mol. The van der Waals surface area contributed by atoms with Crippen LogP contribution in [-0.2, 0) is 11.8 Å². The summed E-state index contributed by atoms with van der Waals surface area (Å²) in [5, 5.41) is 8.58. The fraction of sp³-hybridized carbons (Fsp3) is 0.524. The highest BCUT2D eigenvalue weighted by molar-refractivity contribution is 5.68. The van der Waals surface area contributed by atoms with Crippen LogP contribution >= 0.6 is 0 Å². The second-order valence-electron chi connectivity index (χ2n) is 8.66. The molecule has 3 aromatic heterocycles. The zero-order valence-electron chi connectivity index (χ0n) is 17.9. The molecule has 30 heavy (non-hydrogen) atoms. The standard InChI is InChI=1S/C21H28N6O3/c1-21(2,3)30-20(28)26-10-6-5-7-16(13-26)29-19-18-8-9-22-27(18)14-17(24-19)15-11-23-25(4)12-15/h8-9,11-12,14,16H,5-7,10,13H2,1-4H3/t16-/m0/s1. The van der Waals surface area contributed by atoms with Gasteiger partial charge < -0.3 is 14.4 Å². The summed E-state index contributed by atoms with van der Waals surface area (Å²) in [4.78, 5) is 19.1. The second-order valence-corrected chi connectivity index (χ2v) is 8.66. The molecule has 1 amide bonds. The predicted octanol–water partition coefficient (Wildman–Crippen LogP) is 3.30. The number of amides is 1. The first-order chi connectivity index (χ1) is 14.3. The van der Waals surface area contributed by atoms with Gasteiger partial charge in [-0.05, 0) is 46.1 Å². The molecule has 0 aromatic carbocycles. The molecule has 0 spiro atoms. The Morgan fingerprint density at radius 3 is 2.77 bits per heavy atom. The minimum absolute atomic E-state index is 0.171. The number of hydrogen-bond acceptors (Lipinski definition) is 6. The fourth-order valence-corrected chi connectivity index (χ4v) is 3.53.